The van der Waals surface area contributed by atoms with E-state index in [0.29, 0.717) is 0 Å². The predicted molar refractivity (Wildman–Crippen MR) is 80.9 cm³/mol. The smallest absolute Gasteiger partial charge is 0.267 e. The molecule has 0 spiro atoms. The summed E-state index contributed by atoms with van der Waals surface area (Å²) in [4.78, 5) is 7.68. The molecule has 0 amide bonds. The van der Waals surface area contributed by atoms with Crippen LogP contribution in [0.2, 0.25) is 0 Å². The van der Waals surface area contributed by atoms with Crippen molar-refractivity contribution in [1.82, 2.24) is 19.6 Å². The van der Waals surface area contributed by atoms with E-state index >= 15 is 4.39 Å². The Bertz CT molecular complexity index is 977. The zero-order chi connectivity index (χ0) is 18.3. The molecule has 2 fully saturated rings. The van der Waals surface area contributed by atoms with Gasteiger partial charge in [0, 0.05) is 12.2 Å². The van der Waals surface area contributed by atoms with E-state index in [2.05, 4.69) is 15.1 Å². The third-order valence-corrected chi connectivity index (χ3v) is 5.55. The molecule has 1 aliphatic carbocycles. The van der Waals surface area contributed by atoms with Crippen LogP contribution in [0.25, 0.3) is 5.65 Å². The second-order valence-corrected chi connectivity index (χ2v) is 8.52. The van der Waals surface area contributed by atoms with Crippen LogP contribution in [-0.4, -0.2) is 68.4 Å². The third kappa shape index (κ3) is 2.25. The Hall–Kier alpha value is -1.89. The number of aliphatic hydroxyl groups is 2. The van der Waals surface area contributed by atoms with Crippen molar-refractivity contribution >= 4 is 21.3 Å². The van der Waals surface area contributed by atoms with Crippen molar-refractivity contribution in [3.63, 3.8) is 0 Å². The van der Waals surface area contributed by atoms with Crippen LogP contribution in [0.15, 0.2) is 11.4 Å². The maximum absolute atomic E-state index is 15.2. The number of ether oxygens (including phenoxy) is 1. The molecular weight excluding hydrogens is 357 g/mol. The highest BCUT2D eigenvalue weighted by Crippen LogP contribution is 2.54. The molecule has 136 valence electrons. The maximum Gasteiger partial charge on any atom is 0.267 e. The number of nitrogen functional groups attached to an aromatic ring is 1. The number of hydrogen-bond acceptors (Lipinski definition) is 9. The van der Waals surface area contributed by atoms with Gasteiger partial charge in [-0.15, -0.1) is 5.10 Å². The van der Waals surface area contributed by atoms with Gasteiger partial charge in [0.05, 0.1) is 30.2 Å². The van der Waals surface area contributed by atoms with Crippen molar-refractivity contribution in [3.8, 4) is 0 Å². The first kappa shape index (κ1) is 16.6. The van der Waals surface area contributed by atoms with Gasteiger partial charge >= 0.3 is 0 Å². The van der Waals surface area contributed by atoms with E-state index in [9.17, 15) is 18.6 Å². The van der Waals surface area contributed by atoms with Gasteiger partial charge in [0.1, 0.15) is 6.10 Å². The molecule has 2 aromatic heterocycles. The molecule has 3 heterocycles. The summed E-state index contributed by atoms with van der Waals surface area (Å²) in [7, 11) is -3.77. The van der Waals surface area contributed by atoms with Crippen molar-refractivity contribution in [2.45, 2.75) is 42.2 Å². The van der Waals surface area contributed by atoms with Crippen molar-refractivity contribution in [2.75, 3.05) is 12.0 Å². The fourth-order valence-corrected chi connectivity index (χ4v) is 3.74. The highest BCUT2D eigenvalue weighted by atomic mass is 32.2. The fraction of sp³-hybridized carbons (Fsp3) is 0.615. The van der Waals surface area contributed by atoms with Gasteiger partial charge in [-0.1, -0.05) is 0 Å². The molecule has 2 aromatic rings. The summed E-state index contributed by atoms with van der Waals surface area (Å²) < 4.78 is 45.3. The highest BCUT2D eigenvalue weighted by molar-refractivity contribution is 7.90. The van der Waals surface area contributed by atoms with Crippen LogP contribution >= 0.6 is 0 Å². The average molecular weight is 373 g/mol. The Labute approximate surface area is 141 Å². The normalized spacial score (nSPS) is 37.9. The Morgan fingerprint density at radius 2 is 2.12 bits per heavy atom. The number of sulfone groups is 1. The van der Waals surface area contributed by atoms with Crippen LogP contribution in [0, 0.1) is 5.92 Å². The largest absolute Gasteiger partial charge is 0.390 e. The van der Waals surface area contributed by atoms with Crippen molar-refractivity contribution in [2.24, 2.45) is 5.92 Å². The highest BCUT2D eigenvalue weighted by Gasteiger charge is 2.67. The first-order chi connectivity index (χ1) is 11.5. The molecule has 0 radical (unpaired) electrons. The molecule has 10 nitrogen and oxygen atoms in total. The number of nitrogens with two attached hydrogens (primary N) is 1. The number of hydrogen-bond donors (Lipinski definition) is 3. The average Bonchev–Trinajstić information content (AvgIpc) is 2.95. The number of anilines is 1. The Kier molecular flexibility index (Phi) is 3.21. The zero-order valence-corrected chi connectivity index (χ0v) is 14.1. The number of fused-ring (bicyclic) bond motifs is 2. The lowest BCUT2D eigenvalue weighted by Gasteiger charge is -2.37. The maximum atomic E-state index is 15.2. The molecular formula is C13H16FN5O5S. The second kappa shape index (κ2) is 4.84. The van der Waals surface area contributed by atoms with E-state index in [4.69, 9.17) is 10.5 Å². The molecule has 4 rings (SSSR count). The first-order valence-corrected chi connectivity index (χ1v) is 9.34. The van der Waals surface area contributed by atoms with Gasteiger partial charge in [0.2, 0.25) is 9.84 Å². The summed E-state index contributed by atoms with van der Waals surface area (Å²) in [5.74, 6) is -0.889. The molecule has 2 aliphatic rings. The molecule has 6 atom stereocenters. The number of aromatic nitrogens is 4. The molecule has 6 unspecified atom stereocenters. The Morgan fingerprint density at radius 1 is 1.44 bits per heavy atom. The number of nitrogens with zero attached hydrogens (tertiary/aromatic N) is 4. The second-order valence-electron chi connectivity index (χ2n) is 6.61. The quantitative estimate of drug-likeness (QED) is 0.578. The minimum Gasteiger partial charge on any atom is -0.390 e. The molecule has 1 saturated carbocycles. The predicted octanol–water partition coefficient (Wildman–Crippen LogP) is -1.37. The van der Waals surface area contributed by atoms with Gasteiger partial charge in [-0.3, -0.25) is 0 Å². The van der Waals surface area contributed by atoms with E-state index in [1.54, 1.807) is 0 Å². The number of rotatable bonds is 2. The van der Waals surface area contributed by atoms with Crippen LogP contribution in [0.4, 0.5) is 10.2 Å². The topological polar surface area (TPSA) is 153 Å². The minimum atomic E-state index is -3.77. The lowest BCUT2D eigenvalue weighted by molar-refractivity contribution is -0.165. The summed E-state index contributed by atoms with van der Waals surface area (Å²) in [5.41, 5.74) is 3.58. The summed E-state index contributed by atoms with van der Waals surface area (Å²) in [5, 5.41) is 23.3. The van der Waals surface area contributed by atoms with Gasteiger partial charge in [-0.2, -0.15) is 4.98 Å². The van der Waals surface area contributed by atoms with Crippen LogP contribution in [0.1, 0.15) is 18.7 Å². The summed E-state index contributed by atoms with van der Waals surface area (Å²) in [6, 6.07) is 0. The van der Waals surface area contributed by atoms with Crippen LogP contribution in [-0.2, 0) is 14.6 Å². The zero-order valence-electron chi connectivity index (χ0n) is 13.2. The number of aliphatic hydroxyl groups excluding tert-OH is 2. The number of halogens is 1. The Morgan fingerprint density at radius 3 is 2.76 bits per heavy atom. The summed E-state index contributed by atoms with van der Waals surface area (Å²) >= 11 is 0. The van der Waals surface area contributed by atoms with E-state index in [1.165, 1.54) is 6.20 Å². The molecule has 0 bridgehead atoms. The van der Waals surface area contributed by atoms with Gasteiger partial charge < -0.3 is 20.7 Å². The van der Waals surface area contributed by atoms with Gasteiger partial charge in [0.25, 0.3) is 5.16 Å². The number of alkyl halides is 1. The van der Waals surface area contributed by atoms with Crippen LogP contribution in [0.5, 0.6) is 0 Å². The number of imidazole rings is 1. The van der Waals surface area contributed by atoms with E-state index < -0.39 is 51.0 Å². The standard InChI is InChI=1S/C13H16FN5O5S/c1-13(14)8(21)5-6(20)7(5)24-9(13)4-3-16-11-10(15)17-12(18-19(4)11)25(2,22)23/h3,5-9,20-21H,1-2H3,(H2,15,17,18). The van der Waals surface area contributed by atoms with Crippen molar-refractivity contribution < 1.29 is 27.8 Å². The molecule has 12 heteroatoms. The lowest BCUT2D eigenvalue weighted by atomic mass is 9.87. The third-order valence-electron chi connectivity index (χ3n) is 4.71. The molecule has 0 aromatic carbocycles. The van der Waals surface area contributed by atoms with E-state index in [0.717, 1.165) is 17.7 Å². The van der Waals surface area contributed by atoms with E-state index in [-0.39, 0.29) is 17.2 Å². The van der Waals surface area contributed by atoms with Gasteiger partial charge in [0.15, 0.2) is 17.1 Å². The molecule has 1 saturated heterocycles. The SMILES string of the molecule is CC1(F)C(c2cnc3c(N)nc(S(C)(=O)=O)nn23)OC2C(O)C2C1O. The van der Waals surface area contributed by atoms with E-state index in [1.807, 2.05) is 0 Å². The first-order valence-electron chi connectivity index (χ1n) is 7.45. The van der Waals surface area contributed by atoms with Gasteiger partial charge in [-0.05, 0) is 6.92 Å². The molecule has 4 N–H and O–H groups in total. The monoisotopic (exact) mass is 373 g/mol. The lowest BCUT2D eigenvalue weighted by Crippen LogP contribution is -2.48. The summed E-state index contributed by atoms with van der Waals surface area (Å²) in [6.45, 7) is 1.14. The van der Waals surface area contributed by atoms with Crippen molar-refractivity contribution in [3.05, 3.63) is 11.9 Å². The van der Waals surface area contributed by atoms with Crippen molar-refractivity contribution in [1.29, 1.82) is 0 Å². The minimum absolute atomic E-state index is 0.0368. The fourth-order valence-electron chi connectivity index (χ4n) is 3.24. The Balaban J connectivity index is 1.88. The molecule has 25 heavy (non-hydrogen) atoms. The summed E-state index contributed by atoms with van der Waals surface area (Å²) in [6.07, 6.45) is -2.29. The van der Waals surface area contributed by atoms with Gasteiger partial charge in [-0.25, -0.2) is 22.3 Å². The van der Waals surface area contributed by atoms with Crippen LogP contribution < -0.4 is 5.73 Å². The van der Waals surface area contributed by atoms with Crippen LogP contribution in [0.3, 0.4) is 0 Å². The molecule has 1 aliphatic heterocycles.